The Morgan fingerprint density at radius 2 is 2.27 bits per heavy atom. The molecule has 3 aliphatic rings. The Labute approximate surface area is 154 Å². The van der Waals surface area contributed by atoms with Gasteiger partial charge in [0, 0.05) is 43.9 Å². The van der Waals surface area contributed by atoms with E-state index in [1.165, 1.54) is 6.42 Å². The van der Waals surface area contributed by atoms with Crippen molar-refractivity contribution in [3.63, 3.8) is 0 Å². The molecule has 2 saturated heterocycles. The number of hydrogen-bond donors (Lipinski definition) is 1. The monoisotopic (exact) mass is 361 g/mol. The molecule has 1 N–H and O–H groups in total. The minimum atomic E-state index is -0.429. The Morgan fingerprint density at radius 1 is 1.42 bits per heavy atom. The SMILES string of the molecule is COc1ccnc(CN2C[C@@H]3COC[C@]3(C(=O)NC3CCC3)C2)c1OC. The van der Waals surface area contributed by atoms with Crippen LogP contribution in [-0.2, 0) is 16.1 Å². The van der Waals surface area contributed by atoms with Crippen molar-refractivity contribution in [2.75, 3.05) is 40.5 Å². The fourth-order valence-corrected chi connectivity index (χ4v) is 4.34. The van der Waals surface area contributed by atoms with Gasteiger partial charge >= 0.3 is 0 Å². The maximum atomic E-state index is 13.0. The number of rotatable bonds is 6. The fraction of sp³-hybridized carbons (Fsp3) is 0.684. The number of carbonyl (C=O) groups is 1. The molecule has 142 valence electrons. The van der Waals surface area contributed by atoms with E-state index in [4.69, 9.17) is 14.2 Å². The predicted octanol–water partition coefficient (Wildman–Crippen LogP) is 1.22. The van der Waals surface area contributed by atoms with E-state index in [2.05, 4.69) is 15.2 Å². The molecular weight excluding hydrogens is 334 g/mol. The first-order valence-electron chi connectivity index (χ1n) is 9.33. The lowest BCUT2D eigenvalue weighted by molar-refractivity contribution is -0.133. The summed E-state index contributed by atoms with van der Waals surface area (Å²) in [6, 6.07) is 2.15. The second-order valence-electron chi connectivity index (χ2n) is 7.63. The van der Waals surface area contributed by atoms with Gasteiger partial charge in [-0.2, -0.15) is 0 Å². The summed E-state index contributed by atoms with van der Waals surface area (Å²) in [6.07, 6.45) is 5.14. The first kappa shape index (κ1) is 17.5. The molecule has 0 unspecified atom stereocenters. The Bertz CT molecular complexity index is 679. The molecule has 3 fully saturated rings. The minimum Gasteiger partial charge on any atom is -0.493 e. The first-order valence-corrected chi connectivity index (χ1v) is 9.33. The average Bonchev–Trinajstić information content (AvgIpc) is 3.15. The molecule has 1 amide bonds. The molecule has 1 aromatic rings. The Balaban J connectivity index is 1.49. The molecule has 0 bridgehead atoms. The summed E-state index contributed by atoms with van der Waals surface area (Å²) in [4.78, 5) is 19.8. The van der Waals surface area contributed by atoms with E-state index in [1.54, 1.807) is 26.5 Å². The number of pyridine rings is 1. The van der Waals surface area contributed by atoms with Crippen LogP contribution in [0.2, 0.25) is 0 Å². The molecule has 4 rings (SSSR count). The average molecular weight is 361 g/mol. The van der Waals surface area contributed by atoms with E-state index in [-0.39, 0.29) is 11.8 Å². The number of nitrogens with zero attached hydrogens (tertiary/aromatic N) is 2. The fourth-order valence-electron chi connectivity index (χ4n) is 4.34. The topological polar surface area (TPSA) is 72.9 Å². The molecule has 7 nitrogen and oxygen atoms in total. The highest BCUT2D eigenvalue weighted by Gasteiger charge is 2.56. The number of carbonyl (C=O) groups excluding carboxylic acids is 1. The van der Waals surface area contributed by atoms with E-state index >= 15 is 0 Å². The molecule has 1 aromatic heterocycles. The van der Waals surface area contributed by atoms with Crippen molar-refractivity contribution in [1.29, 1.82) is 0 Å². The smallest absolute Gasteiger partial charge is 0.230 e. The third-order valence-electron chi connectivity index (χ3n) is 6.08. The van der Waals surface area contributed by atoms with Gasteiger partial charge in [-0.05, 0) is 19.3 Å². The van der Waals surface area contributed by atoms with Crippen molar-refractivity contribution in [3.8, 4) is 11.5 Å². The molecule has 0 radical (unpaired) electrons. The molecule has 7 heteroatoms. The molecule has 2 aliphatic heterocycles. The van der Waals surface area contributed by atoms with Gasteiger partial charge in [0.25, 0.3) is 0 Å². The molecule has 1 aliphatic carbocycles. The van der Waals surface area contributed by atoms with Gasteiger partial charge in [-0.1, -0.05) is 0 Å². The predicted molar refractivity (Wildman–Crippen MR) is 95.1 cm³/mol. The Morgan fingerprint density at radius 3 is 2.96 bits per heavy atom. The Kier molecular flexibility index (Phi) is 4.75. The zero-order valence-corrected chi connectivity index (χ0v) is 15.5. The largest absolute Gasteiger partial charge is 0.493 e. The lowest BCUT2D eigenvalue weighted by atomic mass is 9.79. The quantitative estimate of drug-likeness (QED) is 0.821. The highest BCUT2D eigenvalue weighted by Crippen LogP contribution is 2.43. The van der Waals surface area contributed by atoms with Gasteiger partial charge in [0.1, 0.15) is 5.69 Å². The van der Waals surface area contributed by atoms with Crippen LogP contribution < -0.4 is 14.8 Å². The summed E-state index contributed by atoms with van der Waals surface area (Å²) in [6.45, 7) is 3.32. The van der Waals surface area contributed by atoms with Crippen LogP contribution in [0.3, 0.4) is 0 Å². The molecule has 3 heterocycles. The molecule has 0 aromatic carbocycles. The molecule has 1 saturated carbocycles. The molecule has 26 heavy (non-hydrogen) atoms. The van der Waals surface area contributed by atoms with Gasteiger partial charge in [0.15, 0.2) is 11.5 Å². The van der Waals surface area contributed by atoms with Crippen LogP contribution in [0.5, 0.6) is 11.5 Å². The standard InChI is InChI=1S/C19H27N3O4/c1-24-16-6-7-20-15(17(16)25-2)9-22-8-13-10-26-12-19(13,11-22)18(23)21-14-4-3-5-14/h6-7,13-14H,3-5,8-12H2,1-2H3,(H,21,23)/t13-,19-/m1/s1. The third kappa shape index (κ3) is 2.93. The second kappa shape index (κ2) is 7.04. The van der Waals surface area contributed by atoms with E-state index < -0.39 is 5.41 Å². The summed E-state index contributed by atoms with van der Waals surface area (Å²) in [5.74, 6) is 1.74. The van der Waals surface area contributed by atoms with Gasteiger partial charge < -0.3 is 19.5 Å². The van der Waals surface area contributed by atoms with Crippen molar-refractivity contribution < 1.29 is 19.0 Å². The number of fused-ring (bicyclic) bond motifs is 1. The summed E-state index contributed by atoms with van der Waals surface area (Å²) in [5, 5.41) is 3.24. The van der Waals surface area contributed by atoms with Crippen LogP contribution in [-0.4, -0.2) is 62.4 Å². The molecular formula is C19H27N3O4. The summed E-state index contributed by atoms with van der Waals surface area (Å²) < 4.78 is 16.6. The van der Waals surface area contributed by atoms with E-state index in [9.17, 15) is 4.79 Å². The Hall–Kier alpha value is -1.86. The molecule has 0 spiro atoms. The minimum absolute atomic E-state index is 0.165. The lowest BCUT2D eigenvalue weighted by Gasteiger charge is -2.32. The van der Waals surface area contributed by atoms with Crippen molar-refractivity contribution in [2.24, 2.45) is 11.3 Å². The highest BCUT2D eigenvalue weighted by atomic mass is 16.5. The summed E-state index contributed by atoms with van der Waals surface area (Å²) in [7, 11) is 3.25. The summed E-state index contributed by atoms with van der Waals surface area (Å²) in [5.41, 5.74) is 0.407. The maximum absolute atomic E-state index is 13.0. The number of methoxy groups -OCH3 is 2. The van der Waals surface area contributed by atoms with Crippen LogP contribution in [0.4, 0.5) is 0 Å². The highest BCUT2D eigenvalue weighted by molar-refractivity contribution is 5.84. The van der Waals surface area contributed by atoms with Crippen LogP contribution in [0.15, 0.2) is 12.3 Å². The number of ether oxygens (including phenoxy) is 3. The zero-order valence-electron chi connectivity index (χ0n) is 15.5. The van der Waals surface area contributed by atoms with Crippen LogP contribution in [0.1, 0.15) is 25.0 Å². The normalized spacial score (nSPS) is 28.5. The van der Waals surface area contributed by atoms with Crippen LogP contribution in [0.25, 0.3) is 0 Å². The second-order valence-corrected chi connectivity index (χ2v) is 7.63. The molecule has 2 atom stereocenters. The number of aromatic nitrogens is 1. The van der Waals surface area contributed by atoms with Gasteiger partial charge in [-0.25, -0.2) is 0 Å². The zero-order chi connectivity index (χ0) is 18.1. The van der Waals surface area contributed by atoms with E-state index in [1.807, 2.05) is 0 Å². The van der Waals surface area contributed by atoms with Crippen LogP contribution >= 0.6 is 0 Å². The number of amides is 1. The number of likely N-dealkylation sites (tertiary alicyclic amines) is 1. The van der Waals surface area contributed by atoms with E-state index in [0.29, 0.717) is 43.8 Å². The van der Waals surface area contributed by atoms with Crippen molar-refractivity contribution >= 4 is 5.91 Å². The first-order chi connectivity index (χ1) is 12.7. The number of hydrogen-bond acceptors (Lipinski definition) is 6. The summed E-state index contributed by atoms with van der Waals surface area (Å²) >= 11 is 0. The van der Waals surface area contributed by atoms with Gasteiger partial charge in [-0.3, -0.25) is 14.7 Å². The maximum Gasteiger partial charge on any atom is 0.230 e. The van der Waals surface area contributed by atoms with Gasteiger partial charge in [-0.15, -0.1) is 0 Å². The van der Waals surface area contributed by atoms with Crippen molar-refractivity contribution in [3.05, 3.63) is 18.0 Å². The van der Waals surface area contributed by atoms with Crippen LogP contribution in [0, 0.1) is 11.3 Å². The third-order valence-corrected chi connectivity index (χ3v) is 6.08. The van der Waals surface area contributed by atoms with Gasteiger partial charge in [0.2, 0.25) is 5.91 Å². The van der Waals surface area contributed by atoms with Gasteiger partial charge in [0.05, 0.1) is 32.8 Å². The van der Waals surface area contributed by atoms with E-state index in [0.717, 1.165) is 25.1 Å². The lowest BCUT2D eigenvalue weighted by Crippen LogP contribution is -2.51. The van der Waals surface area contributed by atoms with Crippen molar-refractivity contribution in [1.82, 2.24) is 15.2 Å². The van der Waals surface area contributed by atoms with Crippen molar-refractivity contribution in [2.45, 2.75) is 31.8 Å². The number of nitrogens with one attached hydrogen (secondary N) is 1.